The summed E-state index contributed by atoms with van der Waals surface area (Å²) in [4.78, 5) is 43.8. The molecular formula is C26H37N7O5. The predicted molar refractivity (Wildman–Crippen MR) is 143 cm³/mol. The minimum absolute atomic E-state index is 0.200. The summed E-state index contributed by atoms with van der Waals surface area (Å²) >= 11 is 0. The quantitative estimate of drug-likeness (QED) is 0.250. The molecule has 0 aliphatic carbocycles. The summed E-state index contributed by atoms with van der Waals surface area (Å²) in [6, 6.07) is 7.72. The van der Waals surface area contributed by atoms with Crippen molar-refractivity contribution < 1.29 is 19.1 Å². The van der Waals surface area contributed by atoms with Crippen LogP contribution < -0.4 is 21.0 Å². The number of methoxy groups -OCH3 is 1. The number of carbonyl (C=O) groups excluding carboxylic acids is 1. The molecule has 1 aliphatic rings. The van der Waals surface area contributed by atoms with E-state index in [4.69, 9.17) is 20.0 Å². The number of piperazine rings is 1. The Morgan fingerprint density at radius 2 is 1.89 bits per heavy atom. The van der Waals surface area contributed by atoms with Gasteiger partial charge in [-0.15, -0.1) is 5.06 Å². The smallest absolute Gasteiger partial charge is 0.327 e. The highest BCUT2D eigenvalue weighted by molar-refractivity contribution is 5.81. The van der Waals surface area contributed by atoms with Crippen molar-refractivity contribution in [3.63, 3.8) is 0 Å². The number of hydroxylamine groups is 2. The van der Waals surface area contributed by atoms with E-state index in [1.165, 1.54) is 7.11 Å². The lowest BCUT2D eigenvalue weighted by atomic mass is 10.1. The fourth-order valence-corrected chi connectivity index (χ4v) is 4.36. The number of rotatable bonds is 13. The lowest BCUT2D eigenvalue weighted by molar-refractivity contribution is -0.139. The summed E-state index contributed by atoms with van der Waals surface area (Å²) in [6.45, 7) is 7.39. The van der Waals surface area contributed by atoms with Gasteiger partial charge in [0.25, 0.3) is 0 Å². The van der Waals surface area contributed by atoms with Crippen LogP contribution in [0.3, 0.4) is 0 Å². The number of ether oxygens (including phenoxy) is 2. The predicted octanol–water partition coefficient (Wildman–Crippen LogP) is 1.99. The van der Waals surface area contributed by atoms with Crippen LogP contribution in [-0.2, 0) is 22.5 Å². The molecule has 1 aliphatic heterocycles. The van der Waals surface area contributed by atoms with Crippen LogP contribution in [0.15, 0.2) is 29.1 Å². The van der Waals surface area contributed by atoms with E-state index < -0.39 is 0 Å². The van der Waals surface area contributed by atoms with Gasteiger partial charge in [0.1, 0.15) is 11.3 Å². The number of imidazole rings is 1. The van der Waals surface area contributed by atoms with Crippen molar-refractivity contribution in [2.75, 3.05) is 52.2 Å². The van der Waals surface area contributed by atoms with E-state index in [1.807, 2.05) is 29.3 Å². The number of nitrogens with one attached hydrogen (secondary N) is 1. The first-order valence-corrected chi connectivity index (χ1v) is 13.2. The Kier molecular flexibility index (Phi) is 9.55. The molecule has 0 bridgehead atoms. The van der Waals surface area contributed by atoms with Gasteiger partial charge in [-0.2, -0.15) is 9.97 Å². The Morgan fingerprint density at radius 1 is 1.11 bits per heavy atom. The largest absolute Gasteiger partial charge is 0.469 e. The van der Waals surface area contributed by atoms with Crippen molar-refractivity contribution >= 4 is 23.0 Å². The molecule has 0 unspecified atom stereocenters. The van der Waals surface area contributed by atoms with E-state index in [0.29, 0.717) is 30.1 Å². The fraction of sp³-hybridized carbons (Fsp3) is 0.538. The summed E-state index contributed by atoms with van der Waals surface area (Å²) < 4.78 is 12.0. The van der Waals surface area contributed by atoms with Crippen LogP contribution >= 0.6 is 0 Å². The van der Waals surface area contributed by atoms with Gasteiger partial charge in [-0.05, 0) is 43.5 Å². The molecule has 3 aromatic rings. The average molecular weight is 528 g/mol. The number of nitrogen functional groups attached to an aromatic ring is 1. The number of anilines is 1. The Balaban J connectivity index is 1.22. The first-order chi connectivity index (χ1) is 18.5. The highest BCUT2D eigenvalue weighted by atomic mass is 16.7. The summed E-state index contributed by atoms with van der Waals surface area (Å²) in [5, 5.41) is 1.95. The second-order valence-corrected chi connectivity index (χ2v) is 9.34. The van der Waals surface area contributed by atoms with Crippen molar-refractivity contribution in [3.8, 4) is 11.8 Å². The number of fused-ring (bicyclic) bond motifs is 1. The van der Waals surface area contributed by atoms with Crippen molar-refractivity contribution in [1.29, 1.82) is 0 Å². The van der Waals surface area contributed by atoms with Crippen molar-refractivity contribution in [2.24, 2.45) is 0 Å². The second-order valence-electron chi connectivity index (χ2n) is 9.34. The number of nitrogens with two attached hydrogens (primary N) is 1. The molecule has 1 saturated heterocycles. The maximum Gasteiger partial charge on any atom is 0.327 e. The number of aryl methyl sites for hydroxylation is 1. The molecule has 1 aromatic carbocycles. The summed E-state index contributed by atoms with van der Waals surface area (Å²) in [5.41, 5.74) is 7.58. The number of hydrogen-bond donors (Lipinski definition) is 2. The van der Waals surface area contributed by atoms with E-state index >= 15 is 0 Å². The van der Waals surface area contributed by atoms with Gasteiger partial charge < -0.3 is 29.9 Å². The van der Waals surface area contributed by atoms with Gasteiger partial charge in [-0.25, -0.2) is 4.79 Å². The fourth-order valence-electron chi connectivity index (χ4n) is 4.36. The van der Waals surface area contributed by atoms with Crippen molar-refractivity contribution in [1.82, 2.24) is 29.5 Å². The van der Waals surface area contributed by atoms with E-state index in [0.717, 1.165) is 64.0 Å². The Hall–Kier alpha value is -3.64. The first-order valence-electron chi connectivity index (χ1n) is 13.2. The molecular weight excluding hydrogens is 490 g/mol. The van der Waals surface area contributed by atoms with E-state index in [1.54, 1.807) is 4.57 Å². The van der Waals surface area contributed by atoms with Gasteiger partial charge in [0.2, 0.25) is 0 Å². The van der Waals surface area contributed by atoms with Crippen LogP contribution in [0.1, 0.15) is 38.2 Å². The molecule has 38 heavy (non-hydrogen) atoms. The van der Waals surface area contributed by atoms with Gasteiger partial charge in [0, 0.05) is 32.7 Å². The minimum atomic E-state index is -0.274. The molecule has 12 nitrogen and oxygen atoms in total. The minimum Gasteiger partial charge on any atom is -0.469 e. The van der Waals surface area contributed by atoms with Crippen LogP contribution in [-0.4, -0.2) is 81.9 Å². The topological polar surface area (TPSA) is 141 Å². The first kappa shape index (κ1) is 27.4. The van der Waals surface area contributed by atoms with Gasteiger partial charge >= 0.3 is 17.7 Å². The van der Waals surface area contributed by atoms with Gasteiger partial charge in [0.15, 0.2) is 11.5 Å². The third-order valence-electron chi connectivity index (χ3n) is 6.51. The number of unbranched alkanes of at least 4 members (excludes halogenated alkanes) is 2. The SMILES string of the molecule is CCCCOc1nc(N)c2[nH]c(=O)n(CCCCN3CCN(Oc4cccc(CC(=O)OC)c4)CC3)c2n1. The molecule has 3 heterocycles. The van der Waals surface area contributed by atoms with Gasteiger partial charge in [-0.1, -0.05) is 25.5 Å². The molecule has 0 amide bonds. The zero-order valence-electron chi connectivity index (χ0n) is 22.1. The molecule has 0 saturated carbocycles. The maximum absolute atomic E-state index is 12.5. The standard InChI is InChI=1S/C26H37N7O5/c1-3-4-16-37-25-29-23(27)22-24(30-25)33(26(35)28-22)11-6-5-10-31-12-14-32(15-13-31)38-20-9-7-8-19(17-20)18-21(34)36-2/h7-9,17H,3-6,10-16,18H2,1-2H3,(H,28,35)(H2,27,29,30). The summed E-state index contributed by atoms with van der Waals surface area (Å²) in [7, 11) is 1.38. The molecule has 206 valence electrons. The Bertz CT molecular complexity index is 1270. The lowest BCUT2D eigenvalue weighted by Crippen LogP contribution is -2.47. The summed E-state index contributed by atoms with van der Waals surface area (Å²) in [5.74, 6) is 0.656. The zero-order chi connectivity index (χ0) is 26.9. The number of carbonyl (C=O) groups is 1. The van der Waals surface area contributed by atoms with Crippen LogP contribution in [0.5, 0.6) is 11.8 Å². The third-order valence-corrected chi connectivity index (χ3v) is 6.51. The number of esters is 1. The molecule has 3 N–H and O–H groups in total. The van der Waals surface area contributed by atoms with E-state index in [2.05, 4.69) is 26.8 Å². The maximum atomic E-state index is 12.5. The Morgan fingerprint density at radius 3 is 2.66 bits per heavy atom. The van der Waals surface area contributed by atoms with Crippen molar-refractivity contribution in [2.45, 2.75) is 45.6 Å². The third kappa shape index (κ3) is 7.23. The molecule has 0 spiro atoms. The Labute approximate surface area is 221 Å². The van der Waals surface area contributed by atoms with Crippen LogP contribution in [0.25, 0.3) is 11.2 Å². The lowest BCUT2D eigenvalue weighted by Gasteiger charge is -2.34. The molecule has 0 atom stereocenters. The van der Waals surface area contributed by atoms with Crippen LogP contribution in [0, 0.1) is 0 Å². The number of aromatic amines is 1. The number of aromatic nitrogens is 4. The molecule has 2 aromatic heterocycles. The zero-order valence-corrected chi connectivity index (χ0v) is 22.1. The van der Waals surface area contributed by atoms with Gasteiger partial charge in [-0.3, -0.25) is 9.36 Å². The van der Waals surface area contributed by atoms with E-state index in [-0.39, 0.29) is 29.9 Å². The monoisotopic (exact) mass is 527 g/mol. The summed E-state index contributed by atoms with van der Waals surface area (Å²) in [6.07, 6.45) is 3.88. The molecule has 4 rings (SSSR count). The van der Waals surface area contributed by atoms with Crippen molar-refractivity contribution in [3.05, 3.63) is 40.3 Å². The number of hydrogen-bond acceptors (Lipinski definition) is 10. The van der Waals surface area contributed by atoms with E-state index in [9.17, 15) is 9.59 Å². The number of benzene rings is 1. The molecule has 1 fully saturated rings. The average Bonchev–Trinajstić information content (AvgIpc) is 3.23. The number of H-pyrrole nitrogens is 1. The molecule has 12 heteroatoms. The van der Waals surface area contributed by atoms with Crippen LogP contribution in [0.4, 0.5) is 5.82 Å². The normalized spacial score (nSPS) is 14.6. The van der Waals surface area contributed by atoms with Gasteiger partial charge in [0.05, 0.1) is 20.1 Å². The number of nitrogens with zero attached hydrogens (tertiary/aromatic N) is 5. The van der Waals surface area contributed by atoms with Crippen LogP contribution in [0.2, 0.25) is 0 Å². The second kappa shape index (κ2) is 13.2. The molecule has 0 radical (unpaired) electrons. The highest BCUT2D eigenvalue weighted by Crippen LogP contribution is 2.19. The highest BCUT2D eigenvalue weighted by Gasteiger charge is 2.19.